The molecule has 0 aliphatic rings. The SMILES string of the molecule is c1ccc(-c2nc(-c3ccccc3)nc(-c3ccc(-n4c5ccccc5c5c6c(c7ccccc7n6-c6ccccc6)c6sc7ccccc7c6c54)cc3)n2)cc1. The summed E-state index contributed by atoms with van der Waals surface area (Å²) in [4.78, 5) is 15.0. The molecule has 0 aliphatic carbocycles. The van der Waals surface area contributed by atoms with E-state index >= 15 is 0 Å². The maximum Gasteiger partial charge on any atom is 0.164 e. The Balaban J connectivity index is 1.16. The minimum absolute atomic E-state index is 0.636. The van der Waals surface area contributed by atoms with Crippen LogP contribution in [0, 0.1) is 0 Å². The first-order valence-corrected chi connectivity index (χ1v) is 19.9. The Hall–Kier alpha value is -7.41. The van der Waals surface area contributed by atoms with Gasteiger partial charge in [0.15, 0.2) is 17.5 Å². The van der Waals surface area contributed by atoms with Crippen molar-refractivity contribution in [1.29, 1.82) is 0 Å². The van der Waals surface area contributed by atoms with Gasteiger partial charge in [-0.1, -0.05) is 133 Å². The summed E-state index contributed by atoms with van der Waals surface area (Å²) in [5, 5.41) is 7.59. The van der Waals surface area contributed by atoms with Crippen LogP contribution < -0.4 is 0 Å². The first-order chi connectivity index (χ1) is 28.3. The highest BCUT2D eigenvalue weighted by Crippen LogP contribution is 2.51. The zero-order valence-electron chi connectivity index (χ0n) is 30.5. The average Bonchev–Trinajstić information content (AvgIpc) is 3.95. The molecule has 4 aromatic heterocycles. The predicted octanol–water partition coefficient (Wildman–Crippen LogP) is 13.4. The predicted molar refractivity (Wildman–Crippen MR) is 238 cm³/mol. The topological polar surface area (TPSA) is 48.5 Å². The van der Waals surface area contributed by atoms with Crippen molar-refractivity contribution in [1.82, 2.24) is 24.1 Å². The number of hydrogen-bond acceptors (Lipinski definition) is 4. The highest BCUT2D eigenvalue weighted by Gasteiger charge is 2.26. The minimum Gasteiger partial charge on any atom is -0.308 e. The summed E-state index contributed by atoms with van der Waals surface area (Å²) in [5.41, 5.74) is 9.85. The normalized spacial score (nSPS) is 11.9. The van der Waals surface area contributed by atoms with Gasteiger partial charge in [-0.2, -0.15) is 0 Å². The van der Waals surface area contributed by atoms with Gasteiger partial charge in [0, 0.05) is 69.8 Å². The van der Waals surface area contributed by atoms with Crippen LogP contribution in [0.25, 0.3) is 109 Å². The molecule has 6 heteroatoms. The van der Waals surface area contributed by atoms with Crippen molar-refractivity contribution in [2.45, 2.75) is 0 Å². The van der Waals surface area contributed by atoms with Crippen molar-refractivity contribution in [3.05, 3.63) is 188 Å². The average molecular weight is 746 g/mol. The van der Waals surface area contributed by atoms with Crippen LogP contribution in [0.15, 0.2) is 188 Å². The van der Waals surface area contributed by atoms with E-state index in [0.717, 1.165) is 33.6 Å². The summed E-state index contributed by atoms with van der Waals surface area (Å²) in [5.74, 6) is 1.93. The maximum atomic E-state index is 5.02. The van der Waals surface area contributed by atoms with Crippen molar-refractivity contribution in [2.75, 3.05) is 0 Å². The Morgan fingerprint density at radius 1 is 0.333 bits per heavy atom. The Morgan fingerprint density at radius 2 is 0.737 bits per heavy atom. The summed E-state index contributed by atoms with van der Waals surface area (Å²) in [6, 6.07) is 66.4. The molecule has 0 saturated heterocycles. The van der Waals surface area contributed by atoms with Gasteiger partial charge in [-0.3, -0.25) is 0 Å². The largest absolute Gasteiger partial charge is 0.308 e. The fraction of sp³-hybridized carbons (Fsp3) is 0. The van der Waals surface area contributed by atoms with E-state index in [9.17, 15) is 0 Å². The molecule has 8 aromatic carbocycles. The molecule has 266 valence electrons. The summed E-state index contributed by atoms with van der Waals surface area (Å²) in [6.07, 6.45) is 0. The van der Waals surface area contributed by atoms with Gasteiger partial charge < -0.3 is 9.13 Å². The van der Waals surface area contributed by atoms with Crippen LogP contribution in [0.3, 0.4) is 0 Å². The highest BCUT2D eigenvalue weighted by molar-refractivity contribution is 7.27. The van der Waals surface area contributed by atoms with Crippen molar-refractivity contribution in [3.63, 3.8) is 0 Å². The van der Waals surface area contributed by atoms with Crippen LogP contribution in [-0.4, -0.2) is 24.1 Å². The number of hydrogen-bond donors (Lipinski definition) is 0. The second-order valence-corrected chi connectivity index (χ2v) is 15.4. The zero-order chi connectivity index (χ0) is 37.5. The molecule has 0 unspecified atom stereocenters. The van der Waals surface area contributed by atoms with Gasteiger partial charge in [0.05, 0.1) is 22.1 Å². The van der Waals surface area contributed by atoms with E-state index in [0.29, 0.717) is 17.5 Å². The zero-order valence-corrected chi connectivity index (χ0v) is 31.4. The quantitative estimate of drug-likeness (QED) is 0.176. The monoisotopic (exact) mass is 745 g/mol. The third-order valence-electron chi connectivity index (χ3n) is 11.1. The Kier molecular flexibility index (Phi) is 7.03. The van der Waals surface area contributed by atoms with E-state index in [-0.39, 0.29) is 0 Å². The lowest BCUT2D eigenvalue weighted by Gasteiger charge is -2.12. The van der Waals surface area contributed by atoms with Crippen LogP contribution in [-0.2, 0) is 0 Å². The molecular formula is C51H31N5S. The molecule has 57 heavy (non-hydrogen) atoms. The van der Waals surface area contributed by atoms with E-state index in [1.54, 1.807) is 0 Å². The molecule has 0 atom stereocenters. The number of fused-ring (bicyclic) bond motifs is 12. The Labute approximate surface area is 331 Å². The maximum absolute atomic E-state index is 5.02. The third kappa shape index (κ3) is 4.84. The summed E-state index contributed by atoms with van der Waals surface area (Å²) in [7, 11) is 0. The van der Waals surface area contributed by atoms with Gasteiger partial charge in [-0.25, -0.2) is 15.0 Å². The van der Waals surface area contributed by atoms with E-state index in [1.807, 2.05) is 72.0 Å². The summed E-state index contributed by atoms with van der Waals surface area (Å²) >= 11 is 1.89. The fourth-order valence-corrected chi connectivity index (χ4v) is 9.95. The second kappa shape index (κ2) is 12.6. The molecule has 0 saturated carbocycles. The van der Waals surface area contributed by atoms with Crippen molar-refractivity contribution in [2.24, 2.45) is 0 Å². The molecule has 0 spiro atoms. The van der Waals surface area contributed by atoms with Gasteiger partial charge in [-0.05, 0) is 54.6 Å². The van der Waals surface area contributed by atoms with Crippen LogP contribution in [0.5, 0.6) is 0 Å². The van der Waals surface area contributed by atoms with E-state index < -0.39 is 0 Å². The molecule has 0 radical (unpaired) electrons. The lowest BCUT2D eigenvalue weighted by Crippen LogP contribution is -2.00. The van der Waals surface area contributed by atoms with E-state index in [2.05, 4.69) is 137 Å². The molecule has 0 aliphatic heterocycles. The van der Waals surface area contributed by atoms with Crippen LogP contribution in [0.4, 0.5) is 0 Å². The number of rotatable bonds is 5. The fourth-order valence-electron chi connectivity index (χ4n) is 8.69. The molecule has 5 nitrogen and oxygen atoms in total. The molecule has 0 bridgehead atoms. The van der Waals surface area contributed by atoms with Crippen LogP contribution in [0.2, 0.25) is 0 Å². The van der Waals surface area contributed by atoms with Gasteiger partial charge in [0.1, 0.15) is 0 Å². The van der Waals surface area contributed by atoms with Crippen molar-refractivity contribution < 1.29 is 0 Å². The second-order valence-electron chi connectivity index (χ2n) is 14.4. The summed E-state index contributed by atoms with van der Waals surface area (Å²) in [6.45, 7) is 0. The van der Waals surface area contributed by atoms with Gasteiger partial charge in [0.2, 0.25) is 0 Å². The standard InChI is InChI=1S/C51H31N5S/c1-4-16-32(17-5-1)49-52-50(33-18-6-2-7-19-33)54-51(53-49)34-28-30-36(31-29-34)56-40-25-13-10-22-37(40)43-46-44(48-45(47(43)56)39-24-12-15-27-42(39)57-48)38-23-11-14-26-41(38)55(46)35-20-8-3-9-21-35/h1-31H. The number of nitrogens with zero attached hydrogens (tertiary/aromatic N) is 5. The van der Waals surface area contributed by atoms with Gasteiger partial charge in [-0.15, -0.1) is 11.3 Å². The first kappa shape index (κ1) is 31.9. The number of aromatic nitrogens is 5. The molecule has 12 aromatic rings. The molecule has 0 N–H and O–H groups in total. The smallest absolute Gasteiger partial charge is 0.164 e. The van der Waals surface area contributed by atoms with E-state index in [1.165, 1.54) is 58.3 Å². The van der Waals surface area contributed by atoms with Crippen LogP contribution in [0.1, 0.15) is 0 Å². The molecular weight excluding hydrogens is 715 g/mol. The third-order valence-corrected chi connectivity index (χ3v) is 12.3. The first-order valence-electron chi connectivity index (χ1n) is 19.1. The lowest BCUT2D eigenvalue weighted by atomic mass is 10.0. The molecule has 0 amide bonds. The van der Waals surface area contributed by atoms with Gasteiger partial charge >= 0.3 is 0 Å². The molecule has 4 heterocycles. The lowest BCUT2D eigenvalue weighted by molar-refractivity contribution is 1.07. The number of benzene rings is 8. The number of para-hydroxylation sites is 3. The number of thiophene rings is 1. The highest BCUT2D eigenvalue weighted by atomic mass is 32.1. The molecule has 12 rings (SSSR count). The van der Waals surface area contributed by atoms with Crippen molar-refractivity contribution in [3.8, 4) is 45.5 Å². The summed E-state index contributed by atoms with van der Waals surface area (Å²) < 4.78 is 7.53. The Morgan fingerprint density at radius 3 is 1.30 bits per heavy atom. The Bertz CT molecular complexity index is 3430. The van der Waals surface area contributed by atoms with Gasteiger partial charge in [0.25, 0.3) is 0 Å². The van der Waals surface area contributed by atoms with E-state index in [4.69, 9.17) is 15.0 Å². The van der Waals surface area contributed by atoms with Crippen molar-refractivity contribution >= 4 is 75.1 Å². The van der Waals surface area contributed by atoms with Crippen LogP contribution >= 0.6 is 11.3 Å². The minimum atomic E-state index is 0.636. The molecule has 0 fully saturated rings.